The molecule has 1 aromatic heterocycles. The molecular formula is C14H15N3OS. The van der Waals surface area contributed by atoms with Gasteiger partial charge in [0.15, 0.2) is 0 Å². The number of aromatic nitrogens is 1. The normalized spacial score (nSPS) is 15.5. The van der Waals surface area contributed by atoms with E-state index in [-0.39, 0.29) is 5.91 Å². The Morgan fingerprint density at radius 3 is 2.68 bits per heavy atom. The molecular weight excluding hydrogens is 258 g/mol. The van der Waals surface area contributed by atoms with E-state index in [9.17, 15) is 4.79 Å². The second-order valence-electron chi connectivity index (χ2n) is 4.44. The molecule has 0 spiro atoms. The third kappa shape index (κ3) is 2.52. The summed E-state index contributed by atoms with van der Waals surface area (Å²) in [7, 11) is 0. The van der Waals surface area contributed by atoms with Gasteiger partial charge < -0.3 is 10.2 Å². The molecule has 0 unspecified atom stereocenters. The molecule has 19 heavy (non-hydrogen) atoms. The standard InChI is InChI=1S/C14H15N3OS/c18-14(17-8-6-15-7-9-17)13-12(16-10-19-13)11-4-2-1-3-5-11/h1-5,10,15H,6-9H2. The predicted octanol–water partition coefficient (Wildman–Crippen LogP) is 1.86. The number of rotatable bonds is 2. The van der Waals surface area contributed by atoms with Gasteiger partial charge in [0.1, 0.15) is 4.88 Å². The summed E-state index contributed by atoms with van der Waals surface area (Å²) in [5, 5.41) is 3.26. The number of piperazine rings is 1. The van der Waals surface area contributed by atoms with E-state index >= 15 is 0 Å². The largest absolute Gasteiger partial charge is 0.335 e. The van der Waals surface area contributed by atoms with E-state index in [0.717, 1.165) is 42.3 Å². The van der Waals surface area contributed by atoms with Gasteiger partial charge in [-0.3, -0.25) is 4.79 Å². The number of benzene rings is 1. The lowest BCUT2D eigenvalue weighted by atomic mass is 10.1. The fourth-order valence-electron chi connectivity index (χ4n) is 2.21. The molecule has 1 saturated heterocycles. The SMILES string of the molecule is O=C(c1scnc1-c1ccccc1)N1CCNCC1. The minimum absolute atomic E-state index is 0.0999. The topological polar surface area (TPSA) is 45.2 Å². The van der Waals surface area contributed by atoms with Crippen molar-refractivity contribution in [3.05, 3.63) is 40.7 Å². The molecule has 1 amide bonds. The number of hydrogen-bond donors (Lipinski definition) is 1. The van der Waals surface area contributed by atoms with Gasteiger partial charge in [0.05, 0.1) is 11.2 Å². The molecule has 5 heteroatoms. The van der Waals surface area contributed by atoms with E-state index in [1.807, 2.05) is 35.2 Å². The fraction of sp³-hybridized carbons (Fsp3) is 0.286. The van der Waals surface area contributed by atoms with Crippen LogP contribution in [0.2, 0.25) is 0 Å². The van der Waals surface area contributed by atoms with Crippen LogP contribution in [-0.2, 0) is 0 Å². The lowest BCUT2D eigenvalue weighted by Crippen LogP contribution is -2.46. The van der Waals surface area contributed by atoms with Crippen LogP contribution in [0.25, 0.3) is 11.3 Å². The molecule has 2 heterocycles. The van der Waals surface area contributed by atoms with Crippen LogP contribution in [0, 0.1) is 0 Å². The number of carbonyl (C=O) groups excluding carboxylic acids is 1. The summed E-state index contributed by atoms with van der Waals surface area (Å²) in [5.74, 6) is 0.0999. The van der Waals surface area contributed by atoms with Crippen LogP contribution in [0.4, 0.5) is 0 Å². The zero-order valence-corrected chi connectivity index (χ0v) is 11.3. The molecule has 98 valence electrons. The van der Waals surface area contributed by atoms with Gasteiger partial charge in [0.25, 0.3) is 5.91 Å². The smallest absolute Gasteiger partial charge is 0.266 e. The third-order valence-corrected chi connectivity index (χ3v) is 4.03. The lowest BCUT2D eigenvalue weighted by molar-refractivity contribution is 0.0741. The van der Waals surface area contributed by atoms with Crippen LogP contribution < -0.4 is 5.32 Å². The maximum atomic E-state index is 12.5. The van der Waals surface area contributed by atoms with Crippen molar-refractivity contribution in [3.63, 3.8) is 0 Å². The molecule has 1 aliphatic rings. The summed E-state index contributed by atoms with van der Waals surface area (Å²) in [5.41, 5.74) is 3.55. The second kappa shape index (κ2) is 5.50. The molecule has 2 aromatic rings. The minimum atomic E-state index is 0.0999. The number of nitrogens with zero attached hydrogens (tertiary/aromatic N) is 2. The highest BCUT2D eigenvalue weighted by Gasteiger charge is 2.23. The highest BCUT2D eigenvalue weighted by atomic mass is 32.1. The minimum Gasteiger partial charge on any atom is -0.335 e. The van der Waals surface area contributed by atoms with Gasteiger partial charge in [-0.2, -0.15) is 0 Å². The van der Waals surface area contributed by atoms with E-state index in [0.29, 0.717) is 0 Å². The van der Waals surface area contributed by atoms with E-state index < -0.39 is 0 Å². The van der Waals surface area contributed by atoms with E-state index in [1.54, 1.807) is 5.51 Å². The van der Waals surface area contributed by atoms with E-state index in [2.05, 4.69) is 10.3 Å². The summed E-state index contributed by atoms with van der Waals surface area (Å²) in [4.78, 5) is 19.5. The first-order chi connectivity index (χ1) is 9.36. The van der Waals surface area contributed by atoms with E-state index in [1.165, 1.54) is 11.3 Å². The Hall–Kier alpha value is -1.72. The third-order valence-electron chi connectivity index (χ3n) is 3.21. The van der Waals surface area contributed by atoms with Crippen LogP contribution in [0.5, 0.6) is 0 Å². The second-order valence-corrected chi connectivity index (χ2v) is 5.29. The van der Waals surface area contributed by atoms with Crippen molar-refractivity contribution in [2.75, 3.05) is 26.2 Å². The molecule has 1 aliphatic heterocycles. The Kier molecular flexibility index (Phi) is 3.57. The Bertz CT molecular complexity index is 561. The molecule has 0 atom stereocenters. The van der Waals surface area contributed by atoms with Gasteiger partial charge in [-0.15, -0.1) is 11.3 Å². The molecule has 1 N–H and O–H groups in total. The first-order valence-corrected chi connectivity index (χ1v) is 7.23. The van der Waals surface area contributed by atoms with Gasteiger partial charge in [0.2, 0.25) is 0 Å². The number of carbonyl (C=O) groups is 1. The first kappa shape index (κ1) is 12.3. The quantitative estimate of drug-likeness (QED) is 0.908. The van der Waals surface area contributed by atoms with Crippen LogP contribution in [0.15, 0.2) is 35.8 Å². The molecule has 0 aliphatic carbocycles. The number of nitrogens with one attached hydrogen (secondary N) is 1. The van der Waals surface area contributed by atoms with Gasteiger partial charge in [-0.25, -0.2) is 4.98 Å². The fourth-order valence-corrected chi connectivity index (χ4v) is 2.99. The monoisotopic (exact) mass is 273 g/mol. The maximum absolute atomic E-state index is 12.5. The van der Waals surface area contributed by atoms with Crippen molar-refractivity contribution in [1.82, 2.24) is 15.2 Å². The van der Waals surface area contributed by atoms with Crippen molar-refractivity contribution in [2.24, 2.45) is 0 Å². The summed E-state index contributed by atoms with van der Waals surface area (Å²) in [6.45, 7) is 3.27. The van der Waals surface area contributed by atoms with Crippen LogP contribution in [0.3, 0.4) is 0 Å². The Morgan fingerprint density at radius 2 is 1.95 bits per heavy atom. The maximum Gasteiger partial charge on any atom is 0.266 e. The Morgan fingerprint density at radius 1 is 1.21 bits per heavy atom. The Balaban J connectivity index is 1.89. The molecule has 0 radical (unpaired) electrons. The van der Waals surface area contributed by atoms with Crippen LogP contribution in [0.1, 0.15) is 9.67 Å². The summed E-state index contributed by atoms with van der Waals surface area (Å²) in [6, 6.07) is 9.88. The van der Waals surface area contributed by atoms with Crippen molar-refractivity contribution >= 4 is 17.2 Å². The van der Waals surface area contributed by atoms with Crippen LogP contribution in [-0.4, -0.2) is 42.0 Å². The van der Waals surface area contributed by atoms with Crippen molar-refractivity contribution in [1.29, 1.82) is 0 Å². The average molecular weight is 273 g/mol. The molecule has 0 saturated carbocycles. The molecule has 1 fully saturated rings. The number of amides is 1. The predicted molar refractivity (Wildman–Crippen MR) is 76.3 cm³/mol. The van der Waals surface area contributed by atoms with Crippen molar-refractivity contribution in [2.45, 2.75) is 0 Å². The highest BCUT2D eigenvalue weighted by Crippen LogP contribution is 2.26. The van der Waals surface area contributed by atoms with Gasteiger partial charge >= 0.3 is 0 Å². The molecule has 0 bridgehead atoms. The zero-order chi connectivity index (χ0) is 13.1. The highest BCUT2D eigenvalue weighted by molar-refractivity contribution is 7.12. The van der Waals surface area contributed by atoms with Crippen LogP contribution >= 0.6 is 11.3 Å². The van der Waals surface area contributed by atoms with Gasteiger partial charge in [-0.1, -0.05) is 30.3 Å². The van der Waals surface area contributed by atoms with E-state index in [4.69, 9.17) is 0 Å². The number of hydrogen-bond acceptors (Lipinski definition) is 4. The molecule has 1 aromatic carbocycles. The van der Waals surface area contributed by atoms with Gasteiger partial charge in [0, 0.05) is 31.7 Å². The number of thiazole rings is 1. The Labute approximate surface area is 116 Å². The van der Waals surface area contributed by atoms with Gasteiger partial charge in [-0.05, 0) is 0 Å². The van der Waals surface area contributed by atoms with Crippen molar-refractivity contribution in [3.8, 4) is 11.3 Å². The van der Waals surface area contributed by atoms with Crippen molar-refractivity contribution < 1.29 is 4.79 Å². The summed E-state index contributed by atoms with van der Waals surface area (Å²) < 4.78 is 0. The molecule has 3 rings (SSSR count). The lowest BCUT2D eigenvalue weighted by Gasteiger charge is -2.27. The summed E-state index contributed by atoms with van der Waals surface area (Å²) in [6.07, 6.45) is 0. The molecule has 4 nitrogen and oxygen atoms in total. The zero-order valence-electron chi connectivity index (χ0n) is 10.5. The first-order valence-electron chi connectivity index (χ1n) is 6.35. The summed E-state index contributed by atoms with van der Waals surface area (Å²) >= 11 is 1.42. The average Bonchev–Trinajstić information content (AvgIpc) is 2.98.